The molecule has 1 aromatic heterocycles. The van der Waals surface area contributed by atoms with E-state index in [1.54, 1.807) is 11.3 Å². The first-order valence-corrected chi connectivity index (χ1v) is 7.67. The fourth-order valence-electron chi connectivity index (χ4n) is 2.51. The summed E-state index contributed by atoms with van der Waals surface area (Å²) in [5.41, 5.74) is 7.14. The predicted molar refractivity (Wildman–Crippen MR) is 92.3 cm³/mol. The molecule has 1 fully saturated rings. The molecule has 1 aliphatic heterocycles. The predicted octanol–water partition coefficient (Wildman–Crippen LogP) is 3.45. The van der Waals surface area contributed by atoms with Gasteiger partial charge in [0.25, 0.3) is 0 Å². The third kappa shape index (κ3) is 4.85. The van der Waals surface area contributed by atoms with Gasteiger partial charge in [0.1, 0.15) is 5.01 Å². The Labute approximate surface area is 139 Å². The van der Waals surface area contributed by atoms with Crippen molar-refractivity contribution in [3.8, 4) is 0 Å². The maximum absolute atomic E-state index is 5.77. The normalized spacial score (nSPS) is 23.2. The van der Waals surface area contributed by atoms with Gasteiger partial charge in [0.2, 0.25) is 0 Å². The topological polar surface area (TPSA) is 42.1 Å². The van der Waals surface area contributed by atoms with E-state index in [0.29, 0.717) is 12.0 Å². The number of nitrogens with two attached hydrogens (primary N) is 1. The molecule has 2 N–H and O–H groups in total. The maximum Gasteiger partial charge on any atom is 0.107 e. The minimum absolute atomic E-state index is 0. The van der Waals surface area contributed by atoms with E-state index in [4.69, 9.17) is 10.7 Å². The number of nitrogens with zero attached hydrogens (tertiary/aromatic N) is 2. The van der Waals surface area contributed by atoms with Crippen molar-refractivity contribution in [3.63, 3.8) is 0 Å². The summed E-state index contributed by atoms with van der Waals surface area (Å²) in [6, 6.07) is 0.639. The summed E-state index contributed by atoms with van der Waals surface area (Å²) in [5.74, 6) is 0.669. The van der Waals surface area contributed by atoms with Crippen molar-refractivity contribution in [2.75, 3.05) is 13.1 Å². The van der Waals surface area contributed by atoms with Crippen molar-refractivity contribution in [2.45, 2.75) is 52.1 Å². The molecular weight excluding hydrogens is 313 g/mol. The molecule has 1 aromatic rings. The highest BCUT2D eigenvalue weighted by atomic mass is 35.5. The van der Waals surface area contributed by atoms with Crippen LogP contribution < -0.4 is 5.73 Å². The highest BCUT2D eigenvalue weighted by Gasteiger charge is 2.28. The molecule has 1 aliphatic rings. The minimum Gasteiger partial charge on any atom is -0.330 e. The van der Waals surface area contributed by atoms with Crippen molar-refractivity contribution in [2.24, 2.45) is 11.7 Å². The van der Waals surface area contributed by atoms with Gasteiger partial charge >= 0.3 is 0 Å². The molecule has 0 amide bonds. The lowest BCUT2D eigenvalue weighted by atomic mass is 9.93. The Hall–Kier alpha value is 0.130. The number of thiazole rings is 1. The van der Waals surface area contributed by atoms with Crippen LogP contribution in [0.2, 0.25) is 0 Å². The Morgan fingerprint density at radius 1 is 1.40 bits per heavy atom. The summed E-state index contributed by atoms with van der Waals surface area (Å²) >= 11 is 1.79. The monoisotopic (exact) mass is 339 g/mol. The average Bonchev–Trinajstić information content (AvgIpc) is 2.86. The molecule has 0 aromatic carbocycles. The van der Waals surface area contributed by atoms with E-state index in [1.165, 1.54) is 17.1 Å². The zero-order valence-corrected chi connectivity index (χ0v) is 15.2. The Balaban J connectivity index is 0.00000180. The van der Waals surface area contributed by atoms with Gasteiger partial charge in [0.15, 0.2) is 0 Å². The van der Waals surface area contributed by atoms with Crippen LogP contribution in [0, 0.1) is 5.92 Å². The van der Waals surface area contributed by atoms with Crippen LogP contribution in [0.15, 0.2) is 5.38 Å². The van der Waals surface area contributed by atoms with Crippen LogP contribution in [0.3, 0.4) is 0 Å². The zero-order valence-electron chi connectivity index (χ0n) is 12.8. The largest absolute Gasteiger partial charge is 0.330 e. The second-order valence-corrected chi connectivity index (χ2v) is 7.44. The Bertz CT molecular complexity index is 403. The fraction of sp³-hybridized carbons (Fsp3) is 0.786. The quantitative estimate of drug-likeness (QED) is 0.916. The van der Waals surface area contributed by atoms with E-state index >= 15 is 0 Å². The molecule has 2 rings (SSSR count). The Kier molecular flexibility index (Phi) is 8.00. The smallest absolute Gasteiger partial charge is 0.107 e. The van der Waals surface area contributed by atoms with Crippen LogP contribution in [0.5, 0.6) is 0 Å². The van der Waals surface area contributed by atoms with Crippen LogP contribution >= 0.6 is 36.2 Å². The maximum atomic E-state index is 5.77. The van der Waals surface area contributed by atoms with Crippen molar-refractivity contribution in [3.05, 3.63) is 16.1 Å². The van der Waals surface area contributed by atoms with Crippen molar-refractivity contribution < 1.29 is 0 Å². The molecule has 0 saturated carbocycles. The van der Waals surface area contributed by atoms with E-state index in [2.05, 4.69) is 38.0 Å². The molecule has 0 bridgehead atoms. The number of aromatic nitrogens is 1. The first kappa shape index (κ1) is 20.1. The Morgan fingerprint density at radius 2 is 2.05 bits per heavy atom. The Morgan fingerprint density at radius 3 is 2.50 bits per heavy atom. The van der Waals surface area contributed by atoms with Gasteiger partial charge in [-0.1, -0.05) is 20.8 Å². The standard InChI is InChI=1S/C14H25N3S.2ClH/c1-10-5-11(6-15)7-17(10)8-13-16-12(9-18-13)14(2,3)4;;/h9-11H,5-8,15H2,1-4H3;2*1H. The van der Waals surface area contributed by atoms with Gasteiger partial charge in [-0.3, -0.25) is 4.90 Å². The van der Waals surface area contributed by atoms with Gasteiger partial charge in [-0.15, -0.1) is 36.2 Å². The van der Waals surface area contributed by atoms with Crippen LogP contribution in [-0.4, -0.2) is 29.0 Å². The molecule has 2 unspecified atom stereocenters. The number of likely N-dealkylation sites (tertiary alicyclic amines) is 1. The lowest BCUT2D eigenvalue weighted by Gasteiger charge is -2.19. The lowest BCUT2D eigenvalue weighted by Crippen LogP contribution is -2.27. The van der Waals surface area contributed by atoms with Crippen molar-refractivity contribution >= 4 is 36.2 Å². The zero-order chi connectivity index (χ0) is 13.3. The summed E-state index contributed by atoms with van der Waals surface area (Å²) in [7, 11) is 0. The van der Waals surface area contributed by atoms with Gasteiger partial charge in [0.05, 0.1) is 12.2 Å². The van der Waals surface area contributed by atoms with Gasteiger partial charge in [-0.05, 0) is 25.8 Å². The second kappa shape index (κ2) is 7.95. The number of hydrogen-bond donors (Lipinski definition) is 1. The summed E-state index contributed by atoms with van der Waals surface area (Å²) < 4.78 is 0. The molecule has 2 heterocycles. The van der Waals surface area contributed by atoms with Gasteiger partial charge < -0.3 is 5.73 Å². The average molecular weight is 340 g/mol. The van der Waals surface area contributed by atoms with E-state index in [0.717, 1.165) is 19.6 Å². The van der Waals surface area contributed by atoms with E-state index in [-0.39, 0.29) is 30.2 Å². The first-order chi connectivity index (χ1) is 8.40. The van der Waals surface area contributed by atoms with Gasteiger partial charge in [0, 0.05) is 23.4 Å². The van der Waals surface area contributed by atoms with Gasteiger partial charge in [-0.2, -0.15) is 0 Å². The first-order valence-electron chi connectivity index (χ1n) is 6.79. The van der Waals surface area contributed by atoms with Gasteiger partial charge in [-0.25, -0.2) is 4.98 Å². The fourth-order valence-corrected chi connectivity index (χ4v) is 3.56. The summed E-state index contributed by atoms with van der Waals surface area (Å²) in [5, 5.41) is 3.45. The molecule has 0 spiro atoms. The summed E-state index contributed by atoms with van der Waals surface area (Å²) in [6.07, 6.45) is 1.23. The van der Waals surface area contributed by atoms with Crippen LogP contribution in [-0.2, 0) is 12.0 Å². The third-order valence-electron chi connectivity index (χ3n) is 3.78. The third-order valence-corrected chi connectivity index (χ3v) is 4.62. The molecule has 1 saturated heterocycles. The second-order valence-electron chi connectivity index (χ2n) is 6.49. The molecule has 2 atom stereocenters. The van der Waals surface area contributed by atoms with E-state index in [1.807, 2.05) is 0 Å². The molecular formula is C14H27Cl2N3S. The molecule has 118 valence electrons. The molecule has 6 heteroatoms. The molecule has 20 heavy (non-hydrogen) atoms. The molecule has 0 radical (unpaired) electrons. The van der Waals surface area contributed by atoms with E-state index in [9.17, 15) is 0 Å². The number of hydrogen-bond acceptors (Lipinski definition) is 4. The highest BCUT2D eigenvalue weighted by molar-refractivity contribution is 7.09. The molecule has 0 aliphatic carbocycles. The van der Waals surface area contributed by atoms with Crippen LogP contribution in [0.4, 0.5) is 0 Å². The van der Waals surface area contributed by atoms with E-state index < -0.39 is 0 Å². The van der Waals surface area contributed by atoms with Crippen molar-refractivity contribution in [1.29, 1.82) is 0 Å². The minimum atomic E-state index is 0. The number of halogens is 2. The number of rotatable bonds is 3. The summed E-state index contributed by atoms with van der Waals surface area (Å²) in [6.45, 7) is 11.9. The SMILES string of the molecule is CC1CC(CN)CN1Cc1nc(C(C)(C)C)cs1.Cl.Cl. The molecule has 3 nitrogen and oxygen atoms in total. The lowest BCUT2D eigenvalue weighted by molar-refractivity contribution is 0.255. The van der Waals surface area contributed by atoms with Crippen molar-refractivity contribution in [1.82, 2.24) is 9.88 Å². The van der Waals surface area contributed by atoms with Crippen LogP contribution in [0.25, 0.3) is 0 Å². The van der Waals surface area contributed by atoms with Crippen LogP contribution in [0.1, 0.15) is 44.8 Å². The highest BCUT2D eigenvalue weighted by Crippen LogP contribution is 2.28. The summed E-state index contributed by atoms with van der Waals surface area (Å²) in [4.78, 5) is 7.29.